The van der Waals surface area contributed by atoms with E-state index >= 15 is 0 Å². The third-order valence-corrected chi connectivity index (χ3v) is 8.57. The molecular weight excluding hydrogens is 488 g/mol. The van der Waals surface area contributed by atoms with E-state index in [2.05, 4.69) is 40.2 Å². The molecule has 3 heterocycles. The largest absolute Gasteiger partial charge is 0.361 e. The summed E-state index contributed by atoms with van der Waals surface area (Å²) in [5, 5.41) is 5.69. The Kier molecular flexibility index (Phi) is 6.82. The Hall–Kier alpha value is -3.57. The summed E-state index contributed by atoms with van der Waals surface area (Å²) in [5.41, 5.74) is 2.25. The van der Waals surface area contributed by atoms with E-state index < -0.39 is 14.1 Å². The molecule has 2 N–H and O–H groups in total. The molecular formula is C26H32N6O4Si. The average Bonchev–Trinajstić information content (AvgIpc) is 3.53. The van der Waals surface area contributed by atoms with Crippen LogP contribution < -0.4 is 10.6 Å². The first-order chi connectivity index (χ1) is 17.7. The maximum atomic E-state index is 12.8. The third-order valence-electron chi connectivity index (χ3n) is 6.86. The number of ether oxygens (including phenoxy) is 1. The van der Waals surface area contributed by atoms with Crippen LogP contribution in [0.2, 0.25) is 25.7 Å². The number of imide groups is 1. The minimum atomic E-state index is -1.14. The summed E-state index contributed by atoms with van der Waals surface area (Å²) < 4.78 is 7.71. The van der Waals surface area contributed by atoms with Crippen molar-refractivity contribution in [1.82, 2.24) is 24.8 Å². The van der Waals surface area contributed by atoms with Crippen LogP contribution >= 0.6 is 0 Å². The molecule has 10 nitrogen and oxygen atoms in total. The summed E-state index contributed by atoms with van der Waals surface area (Å²) >= 11 is 0. The molecule has 0 radical (unpaired) electrons. The minimum Gasteiger partial charge on any atom is -0.361 e. The second kappa shape index (κ2) is 10.1. The van der Waals surface area contributed by atoms with E-state index in [1.807, 2.05) is 16.8 Å². The zero-order valence-corrected chi connectivity index (χ0v) is 22.4. The van der Waals surface area contributed by atoms with Gasteiger partial charge in [-0.15, -0.1) is 0 Å². The zero-order valence-electron chi connectivity index (χ0n) is 21.4. The first-order valence-corrected chi connectivity index (χ1v) is 16.3. The van der Waals surface area contributed by atoms with Crippen LogP contribution in [0, 0.1) is 0 Å². The fourth-order valence-corrected chi connectivity index (χ4v) is 5.62. The molecule has 2 aromatic heterocycles. The minimum absolute atomic E-state index is 0.152. The van der Waals surface area contributed by atoms with Gasteiger partial charge < -0.3 is 14.6 Å². The van der Waals surface area contributed by atoms with Gasteiger partial charge in [-0.25, -0.2) is 14.8 Å². The van der Waals surface area contributed by atoms with Crippen LogP contribution in [0.25, 0.3) is 11.2 Å². The van der Waals surface area contributed by atoms with Crippen molar-refractivity contribution >= 4 is 42.9 Å². The third kappa shape index (κ3) is 5.42. The molecule has 2 unspecified atom stereocenters. The standard InChI is InChI=1S/C26H32N6O4Si/c1-37(2,3)13-12-36-16-31-11-10-21-23(31)27-15-22(29-21)30-26(35)28-17-8-9-18(14-17)32-24(33)19-6-4-5-7-20(19)25(32)34/h4-7,10-11,15,17-18H,8-9,12-14,16H2,1-3H3,(H2,28,29,30,35). The Morgan fingerprint density at radius 3 is 2.54 bits per heavy atom. The van der Waals surface area contributed by atoms with E-state index in [4.69, 9.17) is 4.74 Å². The van der Waals surface area contributed by atoms with Gasteiger partial charge in [0.25, 0.3) is 11.8 Å². The number of hydrogen-bond acceptors (Lipinski definition) is 6. The van der Waals surface area contributed by atoms with Crippen LogP contribution in [0.5, 0.6) is 0 Å². The molecule has 1 saturated carbocycles. The van der Waals surface area contributed by atoms with Crippen molar-refractivity contribution in [2.45, 2.75) is 63.8 Å². The normalized spacial score (nSPS) is 19.5. The maximum Gasteiger partial charge on any atom is 0.320 e. The first kappa shape index (κ1) is 25.1. The summed E-state index contributed by atoms with van der Waals surface area (Å²) in [4.78, 5) is 48.5. The van der Waals surface area contributed by atoms with Crippen molar-refractivity contribution in [3.63, 3.8) is 0 Å². The predicted molar refractivity (Wildman–Crippen MR) is 142 cm³/mol. The van der Waals surface area contributed by atoms with E-state index in [-0.39, 0.29) is 23.9 Å². The molecule has 3 aromatic rings. The number of nitrogens with zero attached hydrogens (tertiary/aromatic N) is 4. The van der Waals surface area contributed by atoms with Gasteiger partial charge in [0.15, 0.2) is 11.5 Å². The smallest absolute Gasteiger partial charge is 0.320 e. The lowest BCUT2D eigenvalue weighted by molar-refractivity contribution is 0.0586. The molecule has 11 heteroatoms. The highest BCUT2D eigenvalue weighted by Gasteiger charge is 2.42. The van der Waals surface area contributed by atoms with Crippen molar-refractivity contribution in [3.05, 3.63) is 53.9 Å². The number of rotatable bonds is 8. The number of anilines is 1. The highest BCUT2D eigenvalue weighted by molar-refractivity contribution is 6.76. The van der Waals surface area contributed by atoms with Crippen LogP contribution in [-0.2, 0) is 11.5 Å². The molecule has 1 aliphatic carbocycles. The number of aromatic nitrogens is 3. The lowest BCUT2D eigenvalue weighted by Gasteiger charge is -2.22. The van der Waals surface area contributed by atoms with Crippen molar-refractivity contribution in [2.75, 3.05) is 11.9 Å². The lowest BCUT2D eigenvalue weighted by Crippen LogP contribution is -2.41. The molecule has 2 aliphatic rings. The number of carbonyl (C=O) groups is 3. The first-order valence-electron chi connectivity index (χ1n) is 12.6. The van der Waals surface area contributed by atoms with Crippen molar-refractivity contribution in [3.8, 4) is 0 Å². The molecule has 1 aliphatic heterocycles. The molecule has 4 amide bonds. The van der Waals surface area contributed by atoms with Crippen LogP contribution in [-0.4, -0.2) is 64.0 Å². The average molecular weight is 521 g/mol. The van der Waals surface area contributed by atoms with Crippen molar-refractivity contribution < 1.29 is 19.1 Å². The summed E-state index contributed by atoms with van der Waals surface area (Å²) in [6.45, 7) is 8.08. The maximum absolute atomic E-state index is 12.8. The number of urea groups is 1. The van der Waals surface area contributed by atoms with Gasteiger partial charge in [0.1, 0.15) is 12.2 Å². The van der Waals surface area contributed by atoms with Gasteiger partial charge in [0, 0.05) is 33.0 Å². The number of hydrogen-bond donors (Lipinski definition) is 2. The fourth-order valence-electron chi connectivity index (χ4n) is 4.87. The zero-order chi connectivity index (χ0) is 26.2. The van der Waals surface area contributed by atoms with E-state index in [9.17, 15) is 14.4 Å². The summed E-state index contributed by atoms with van der Waals surface area (Å²) in [7, 11) is -1.14. The molecule has 1 aromatic carbocycles. The second-order valence-corrected chi connectivity index (χ2v) is 16.5. The monoisotopic (exact) mass is 520 g/mol. The highest BCUT2D eigenvalue weighted by Crippen LogP contribution is 2.32. The van der Waals surface area contributed by atoms with Gasteiger partial charge in [-0.3, -0.25) is 19.8 Å². The highest BCUT2D eigenvalue weighted by atomic mass is 28.3. The molecule has 37 heavy (non-hydrogen) atoms. The summed E-state index contributed by atoms with van der Waals surface area (Å²) in [6.07, 6.45) is 5.24. The number of carbonyl (C=O) groups excluding carboxylic acids is 3. The van der Waals surface area contributed by atoms with Gasteiger partial charge in [0.05, 0.1) is 17.3 Å². The lowest BCUT2D eigenvalue weighted by atomic mass is 10.1. The van der Waals surface area contributed by atoms with E-state index in [0.29, 0.717) is 54.1 Å². The van der Waals surface area contributed by atoms with Crippen LogP contribution in [0.15, 0.2) is 42.7 Å². The molecule has 2 atom stereocenters. The van der Waals surface area contributed by atoms with Gasteiger partial charge in [0.2, 0.25) is 0 Å². The van der Waals surface area contributed by atoms with E-state index in [0.717, 1.165) is 12.7 Å². The number of amides is 4. The number of nitrogens with one attached hydrogen (secondary N) is 2. The van der Waals surface area contributed by atoms with Crippen molar-refractivity contribution in [1.29, 1.82) is 0 Å². The molecule has 194 valence electrons. The quantitative estimate of drug-likeness (QED) is 0.262. The van der Waals surface area contributed by atoms with E-state index in [1.165, 1.54) is 11.1 Å². The Balaban J connectivity index is 1.14. The summed E-state index contributed by atoms with van der Waals surface area (Å²) in [6, 6.07) is 9.04. The van der Waals surface area contributed by atoms with Gasteiger partial charge in [-0.1, -0.05) is 31.8 Å². The Bertz CT molecular complexity index is 1320. The summed E-state index contributed by atoms with van der Waals surface area (Å²) in [5.74, 6) is -0.169. The fraction of sp³-hybridized carbons (Fsp3) is 0.423. The molecule has 0 bridgehead atoms. The number of fused-ring (bicyclic) bond motifs is 2. The molecule has 5 rings (SSSR count). The predicted octanol–water partition coefficient (Wildman–Crippen LogP) is 4.08. The van der Waals surface area contributed by atoms with Crippen LogP contribution in [0.4, 0.5) is 10.6 Å². The Morgan fingerprint density at radius 2 is 1.84 bits per heavy atom. The van der Waals surface area contributed by atoms with Gasteiger partial charge >= 0.3 is 6.03 Å². The van der Waals surface area contributed by atoms with Gasteiger partial charge in [-0.2, -0.15) is 0 Å². The van der Waals surface area contributed by atoms with Crippen molar-refractivity contribution in [2.24, 2.45) is 0 Å². The van der Waals surface area contributed by atoms with Crippen LogP contribution in [0.1, 0.15) is 40.0 Å². The van der Waals surface area contributed by atoms with E-state index in [1.54, 1.807) is 24.3 Å². The molecule has 0 saturated heterocycles. The van der Waals surface area contributed by atoms with Gasteiger partial charge in [-0.05, 0) is 43.5 Å². The van der Waals surface area contributed by atoms with Crippen LogP contribution in [0.3, 0.4) is 0 Å². The topological polar surface area (TPSA) is 118 Å². The SMILES string of the molecule is C[Si](C)(C)CCOCn1ccc2nc(NC(=O)NC3CCC(N4C(=O)c5ccccc5C4=O)C3)cnc21. The Morgan fingerprint density at radius 1 is 1.11 bits per heavy atom. The molecule has 0 spiro atoms. The second-order valence-electron chi connectivity index (χ2n) is 10.9. The molecule has 1 fully saturated rings. The number of benzene rings is 1. The Labute approximate surface area is 216 Å².